The van der Waals surface area contributed by atoms with Gasteiger partial charge in [-0.15, -0.1) is 10.2 Å². The maximum atomic E-state index is 4.30. The van der Waals surface area contributed by atoms with Gasteiger partial charge in [-0.3, -0.25) is 4.57 Å². The molecule has 0 saturated carbocycles. The maximum absolute atomic E-state index is 4.30. The number of aromatic nitrogens is 3. The molecule has 0 aliphatic rings. The molecule has 2 aromatic carbocycles. The first kappa shape index (κ1) is 13.9. The van der Waals surface area contributed by atoms with Crippen molar-refractivity contribution in [2.75, 3.05) is 5.75 Å². The van der Waals surface area contributed by atoms with Crippen molar-refractivity contribution in [1.29, 1.82) is 0 Å². The lowest BCUT2D eigenvalue weighted by atomic mass is 10.2. The highest BCUT2D eigenvalue weighted by molar-refractivity contribution is 7.99. The van der Waals surface area contributed by atoms with Crippen LogP contribution in [0.2, 0.25) is 0 Å². The lowest BCUT2D eigenvalue weighted by Gasteiger charge is -2.08. The van der Waals surface area contributed by atoms with Crippen LogP contribution >= 0.6 is 11.8 Å². The topological polar surface area (TPSA) is 30.7 Å². The molecule has 0 radical (unpaired) electrons. The average Bonchev–Trinajstić information content (AvgIpc) is 2.90. The minimum Gasteiger partial charge on any atom is -0.274 e. The fourth-order valence-corrected chi connectivity index (χ4v) is 3.20. The van der Waals surface area contributed by atoms with E-state index in [1.807, 2.05) is 31.2 Å². The van der Waals surface area contributed by atoms with Gasteiger partial charge in [0, 0.05) is 11.4 Å². The number of nitrogens with zero attached hydrogens (tertiary/aromatic N) is 3. The van der Waals surface area contributed by atoms with E-state index in [1.165, 1.54) is 5.56 Å². The lowest BCUT2D eigenvalue weighted by molar-refractivity contribution is 0.867. The first-order valence-electron chi connectivity index (χ1n) is 6.99. The molecule has 1 aromatic heterocycles. The summed E-state index contributed by atoms with van der Waals surface area (Å²) in [6.45, 7) is 1.99. The summed E-state index contributed by atoms with van der Waals surface area (Å²) in [6, 6.07) is 20.8. The third kappa shape index (κ3) is 3.34. The van der Waals surface area contributed by atoms with Gasteiger partial charge in [0.1, 0.15) is 5.82 Å². The molecule has 0 unspecified atom stereocenters. The van der Waals surface area contributed by atoms with Crippen molar-refractivity contribution in [3.8, 4) is 5.69 Å². The Kier molecular flexibility index (Phi) is 4.36. The molecule has 1 heterocycles. The zero-order valence-electron chi connectivity index (χ0n) is 11.9. The predicted octanol–water partition coefficient (Wildman–Crippen LogP) is 3.91. The van der Waals surface area contributed by atoms with E-state index >= 15 is 0 Å². The molecular weight excluding hydrogens is 278 g/mol. The Labute approximate surface area is 129 Å². The van der Waals surface area contributed by atoms with Crippen LogP contribution in [0.3, 0.4) is 0 Å². The number of benzene rings is 2. The molecule has 3 nitrogen and oxygen atoms in total. The molecule has 0 aliphatic heterocycles. The summed E-state index contributed by atoms with van der Waals surface area (Å²) in [5.74, 6) is 1.91. The van der Waals surface area contributed by atoms with Crippen LogP contribution in [0.1, 0.15) is 11.4 Å². The lowest BCUT2D eigenvalue weighted by Crippen LogP contribution is -1.99. The van der Waals surface area contributed by atoms with E-state index in [2.05, 4.69) is 51.2 Å². The van der Waals surface area contributed by atoms with Crippen molar-refractivity contribution < 1.29 is 0 Å². The van der Waals surface area contributed by atoms with E-state index in [9.17, 15) is 0 Å². The zero-order valence-corrected chi connectivity index (χ0v) is 12.8. The Morgan fingerprint density at radius 2 is 1.57 bits per heavy atom. The van der Waals surface area contributed by atoms with Gasteiger partial charge in [0.05, 0.1) is 0 Å². The molecule has 0 aliphatic carbocycles. The average molecular weight is 295 g/mol. The van der Waals surface area contributed by atoms with Gasteiger partial charge < -0.3 is 0 Å². The third-order valence-electron chi connectivity index (χ3n) is 3.27. The van der Waals surface area contributed by atoms with Crippen LogP contribution in [-0.2, 0) is 6.42 Å². The van der Waals surface area contributed by atoms with Crippen molar-refractivity contribution in [1.82, 2.24) is 14.8 Å². The Morgan fingerprint density at radius 1 is 0.905 bits per heavy atom. The number of thioether (sulfide) groups is 1. The van der Waals surface area contributed by atoms with Gasteiger partial charge in [-0.05, 0) is 31.0 Å². The van der Waals surface area contributed by atoms with Crippen LogP contribution in [0.25, 0.3) is 5.69 Å². The quantitative estimate of drug-likeness (QED) is 0.669. The second kappa shape index (κ2) is 6.59. The highest BCUT2D eigenvalue weighted by Crippen LogP contribution is 2.22. The van der Waals surface area contributed by atoms with Crippen molar-refractivity contribution >= 4 is 11.8 Å². The van der Waals surface area contributed by atoms with Gasteiger partial charge in [-0.25, -0.2) is 0 Å². The molecule has 0 atom stereocenters. The SMILES string of the molecule is Cc1nnc(SCCc2ccccc2)n1-c1ccccc1. The van der Waals surface area contributed by atoms with Crippen LogP contribution in [0.5, 0.6) is 0 Å². The summed E-state index contributed by atoms with van der Waals surface area (Å²) < 4.78 is 2.11. The Morgan fingerprint density at radius 3 is 2.29 bits per heavy atom. The van der Waals surface area contributed by atoms with E-state index < -0.39 is 0 Å². The minimum absolute atomic E-state index is 0.920. The van der Waals surface area contributed by atoms with Gasteiger partial charge in [0.15, 0.2) is 5.16 Å². The second-order valence-electron chi connectivity index (χ2n) is 4.78. The molecule has 0 bridgehead atoms. The first-order chi connectivity index (χ1) is 10.3. The summed E-state index contributed by atoms with van der Waals surface area (Å²) >= 11 is 1.75. The van der Waals surface area contributed by atoms with Crippen LogP contribution in [0.4, 0.5) is 0 Å². The van der Waals surface area contributed by atoms with E-state index in [4.69, 9.17) is 0 Å². The predicted molar refractivity (Wildman–Crippen MR) is 87.0 cm³/mol. The fraction of sp³-hybridized carbons (Fsp3) is 0.176. The molecule has 0 spiro atoms. The molecule has 21 heavy (non-hydrogen) atoms. The van der Waals surface area contributed by atoms with Crippen molar-refractivity contribution in [2.24, 2.45) is 0 Å². The fourth-order valence-electron chi connectivity index (χ4n) is 2.22. The van der Waals surface area contributed by atoms with Gasteiger partial charge in [-0.1, -0.05) is 60.3 Å². The second-order valence-corrected chi connectivity index (χ2v) is 5.85. The van der Waals surface area contributed by atoms with Crippen LogP contribution in [0, 0.1) is 6.92 Å². The largest absolute Gasteiger partial charge is 0.274 e. The van der Waals surface area contributed by atoms with Crippen molar-refractivity contribution in [3.63, 3.8) is 0 Å². The molecule has 0 saturated heterocycles. The van der Waals surface area contributed by atoms with E-state index in [0.717, 1.165) is 28.8 Å². The smallest absolute Gasteiger partial charge is 0.195 e. The van der Waals surface area contributed by atoms with Gasteiger partial charge >= 0.3 is 0 Å². The number of hydrogen-bond acceptors (Lipinski definition) is 3. The maximum Gasteiger partial charge on any atom is 0.195 e. The highest BCUT2D eigenvalue weighted by atomic mass is 32.2. The van der Waals surface area contributed by atoms with Gasteiger partial charge in [0.25, 0.3) is 0 Å². The summed E-state index contributed by atoms with van der Waals surface area (Å²) in [5.41, 5.74) is 2.47. The molecule has 0 fully saturated rings. The normalized spacial score (nSPS) is 10.7. The molecular formula is C17H17N3S. The number of hydrogen-bond donors (Lipinski definition) is 0. The van der Waals surface area contributed by atoms with E-state index in [0.29, 0.717) is 0 Å². The standard InChI is InChI=1S/C17H17N3S/c1-14-18-19-17(20(14)16-10-6-3-7-11-16)21-13-12-15-8-4-2-5-9-15/h2-11H,12-13H2,1H3. The summed E-state index contributed by atoms with van der Waals surface area (Å²) in [4.78, 5) is 0. The number of para-hydroxylation sites is 1. The molecule has 0 amide bonds. The molecule has 0 N–H and O–H groups in total. The Bertz CT molecular complexity index is 693. The molecule has 3 aromatic rings. The summed E-state index contributed by atoms with van der Waals surface area (Å²) in [6.07, 6.45) is 1.03. The van der Waals surface area contributed by atoms with Gasteiger partial charge in [0.2, 0.25) is 0 Å². The Hall–Kier alpha value is -2.07. The molecule has 3 rings (SSSR count). The van der Waals surface area contributed by atoms with Crippen LogP contribution in [0.15, 0.2) is 65.8 Å². The summed E-state index contributed by atoms with van der Waals surface area (Å²) in [7, 11) is 0. The minimum atomic E-state index is 0.920. The van der Waals surface area contributed by atoms with E-state index in [1.54, 1.807) is 11.8 Å². The Balaban J connectivity index is 1.72. The third-order valence-corrected chi connectivity index (χ3v) is 4.20. The van der Waals surface area contributed by atoms with Gasteiger partial charge in [-0.2, -0.15) is 0 Å². The summed E-state index contributed by atoms with van der Waals surface area (Å²) in [5, 5.41) is 9.46. The molecule has 106 valence electrons. The van der Waals surface area contributed by atoms with Crippen molar-refractivity contribution in [2.45, 2.75) is 18.5 Å². The first-order valence-corrected chi connectivity index (χ1v) is 7.97. The van der Waals surface area contributed by atoms with Crippen LogP contribution in [-0.4, -0.2) is 20.5 Å². The number of rotatable bonds is 5. The highest BCUT2D eigenvalue weighted by Gasteiger charge is 2.10. The molecule has 4 heteroatoms. The zero-order chi connectivity index (χ0) is 14.5. The van der Waals surface area contributed by atoms with E-state index in [-0.39, 0.29) is 0 Å². The van der Waals surface area contributed by atoms with Crippen LogP contribution < -0.4 is 0 Å². The number of aryl methyl sites for hydroxylation is 2. The monoisotopic (exact) mass is 295 g/mol. The van der Waals surface area contributed by atoms with Crippen molar-refractivity contribution in [3.05, 3.63) is 72.1 Å².